The average molecular weight is 465 g/mol. The van der Waals surface area contributed by atoms with E-state index < -0.39 is 11.8 Å². The molecule has 0 atom stereocenters. The van der Waals surface area contributed by atoms with E-state index in [1.54, 1.807) is 25.1 Å². The molecule has 0 fully saturated rings. The third kappa shape index (κ3) is 6.11. The van der Waals surface area contributed by atoms with Gasteiger partial charge in [0.15, 0.2) is 0 Å². The first-order valence-electron chi connectivity index (χ1n) is 9.32. The molecule has 10 heteroatoms. The van der Waals surface area contributed by atoms with Gasteiger partial charge in [0.25, 0.3) is 5.91 Å². The smallest absolute Gasteiger partial charge is 0.251 e. The van der Waals surface area contributed by atoms with Crippen LogP contribution in [0.4, 0.5) is 5.69 Å². The summed E-state index contributed by atoms with van der Waals surface area (Å²) in [7, 11) is 3.00. The van der Waals surface area contributed by atoms with E-state index in [9.17, 15) is 14.4 Å². The molecule has 0 unspecified atom stereocenters. The van der Waals surface area contributed by atoms with E-state index >= 15 is 0 Å². The number of ether oxygens (including phenoxy) is 1. The number of thioether (sulfide) groups is 1. The van der Waals surface area contributed by atoms with Crippen molar-refractivity contribution in [1.29, 1.82) is 0 Å². The van der Waals surface area contributed by atoms with Crippen molar-refractivity contribution < 1.29 is 19.1 Å². The number of nitrogens with two attached hydrogens (primary N) is 1. The first kappa shape index (κ1) is 24.5. The number of amides is 3. The number of benzene rings is 1. The number of anilines is 1. The van der Waals surface area contributed by atoms with Crippen molar-refractivity contribution in [2.24, 2.45) is 5.73 Å². The van der Waals surface area contributed by atoms with Crippen LogP contribution in [0, 0.1) is 20.8 Å². The Kier molecular flexibility index (Phi) is 8.29. The van der Waals surface area contributed by atoms with Gasteiger partial charge in [-0.2, -0.15) is 0 Å². The number of rotatable bonds is 8. The summed E-state index contributed by atoms with van der Waals surface area (Å²) in [5, 5.41) is 3.53. The van der Waals surface area contributed by atoms with Gasteiger partial charge in [0, 0.05) is 17.8 Å². The van der Waals surface area contributed by atoms with Gasteiger partial charge in [-0.05, 0) is 50.1 Å². The topological polar surface area (TPSA) is 115 Å². The van der Waals surface area contributed by atoms with Gasteiger partial charge >= 0.3 is 0 Å². The summed E-state index contributed by atoms with van der Waals surface area (Å²) in [5.74, 6) is -0.839. The molecule has 3 N–H and O–H groups in total. The second-order valence-corrected chi connectivity index (χ2v) is 8.32. The van der Waals surface area contributed by atoms with Gasteiger partial charge in [-0.1, -0.05) is 23.4 Å². The zero-order chi connectivity index (χ0) is 23.3. The molecule has 2 aromatic rings. The lowest BCUT2D eigenvalue weighted by Crippen LogP contribution is -2.36. The molecule has 0 aliphatic carbocycles. The molecular formula is C21H25ClN4O4S. The molecule has 3 amide bonds. The predicted molar refractivity (Wildman–Crippen MR) is 122 cm³/mol. The summed E-state index contributed by atoms with van der Waals surface area (Å²) in [5.41, 5.74) is 8.64. The van der Waals surface area contributed by atoms with E-state index in [2.05, 4.69) is 10.3 Å². The van der Waals surface area contributed by atoms with Crippen LogP contribution in [-0.2, 0) is 9.59 Å². The van der Waals surface area contributed by atoms with E-state index in [1.807, 2.05) is 13.8 Å². The van der Waals surface area contributed by atoms with Crippen molar-refractivity contribution in [2.75, 3.05) is 31.8 Å². The zero-order valence-electron chi connectivity index (χ0n) is 18.0. The fourth-order valence-electron chi connectivity index (χ4n) is 2.82. The third-order valence-electron chi connectivity index (χ3n) is 4.78. The van der Waals surface area contributed by atoms with Crippen LogP contribution in [0.1, 0.15) is 27.2 Å². The molecule has 166 valence electrons. The van der Waals surface area contributed by atoms with Crippen molar-refractivity contribution in [1.82, 2.24) is 9.88 Å². The molecule has 0 aliphatic rings. The lowest BCUT2D eigenvalue weighted by molar-refractivity contribution is -0.131. The maximum Gasteiger partial charge on any atom is 0.251 e. The molecule has 0 aliphatic heterocycles. The third-order valence-corrected chi connectivity index (χ3v) is 5.98. The van der Waals surface area contributed by atoms with Gasteiger partial charge < -0.3 is 20.7 Å². The van der Waals surface area contributed by atoms with Crippen LogP contribution in [0.3, 0.4) is 0 Å². The largest absolute Gasteiger partial charge is 0.495 e. The first-order chi connectivity index (χ1) is 14.5. The van der Waals surface area contributed by atoms with E-state index in [0.717, 1.165) is 28.6 Å². The molecule has 0 radical (unpaired) electrons. The monoisotopic (exact) mass is 464 g/mol. The van der Waals surface area contributed by atoms with Crippen LogP contribution in [-0.4, -0.2) is 54.1 Å². The van der Waals surface area contributed by atoms with Crippen molar-refractivity contribution >= 4 is 46.8 Å². The Morgan fingerprint density at radius 2 is 1.90 bits per heavy atom. The molecule has 1 aromatic carbocycles. The number of hydrogen-bond acceptors (Lipinski definition) is 6. The zero-order valence-corrected chi connectivity index (χ0v) is 19.6. The number of aryl methyl sites for hydroxylation is 1. The van der Waals surface area contributed by atoms with Crippen LogP contribution in [0.5, 0.6) is 5.75 Å². The van der Waals surface area contributed by atoms with Gasteiger partial charge in [-0.15, -0.1) is 0 Å². The Bertz CT molecular complexity index is 1030. The van der Waals surface area contributed by atoms with Crippen LogP contribution in [0.2, 0.25) is 5.02 Å². The molecule has 2 rings (SSSR count). The van der Waals surface area contributed by atoms with Crippen LogP contribution in [0.25, 0.3) is 0 Å². The molecule has 0 saturated heterocycles. The van der Waals surface area contributed by atoms with Crippen molar-refractivity contribution in [3.05, 3.63) is 45.6 Å². The Balaban J connectivity index is 2.03. The maximum absolute atomic E-state index is 12.5. The molecule has 0 spiro atoms. The van der Waals surface area contributed by atoms with Gasteiger partial charge in [-0.25, -0.2) is 4.98 Å². The number of carbonyl (C=O) groups excluding carboxylic acids is 3. The average Bonchev–Trinajstić information content (AvgIpc) is 2.69. The molecule has 31 heavy (non-hydrogen) atoms. The molecule has 0 bridgehead atoms. The molecule has 8 nitrogen and oxygen atoms in total. The van der Waals surface area contributed by atoms with E-state index in [0.29, 0.717) is 27.0 Å². The highest BCUT2D eigenvalue weighted by molar-refractivity contribution is 8.00. The van der Waals surface area contributed by atoms with Crippen LogP contribution in [0.15, 0.2) is 23.2 Å². The predicted octanol–water partition coefficient (Wildman–Crippen LogP) is 2.96. The van der Waals surface area contributed by atoms with Crippen LogP contribution >= 0.6 is 23.4 Å². The molecular weight excluding hydrogens is 440 g/mol. The minimum absolute atomic E-state index is 0.000509. The van der Waals surface area contributed by atoms with Crippen LogP contribution < -0.4 is 15.8 Å². The summed E-state index contributed by atoms with van der Waals surface area (Å²) < 4.78 is 5.20. The van der Waals surface area contributed by atoms with Crippen molar-refractivity contribution in [2.45, 2.75) is 25.8 Å². The lowest BCUT2D eigenvalue weighted by Gasteiger charge is -2.18. The Hall–Kier alpha value is -2.78. The van der Waals surface area contributed by atoms with E-state index in [4.69, 9.17) is 22.1 Å². The summed E-state index contributed by atoms with van der Waals surface area (Å²) in [4.78, 5) is 42.5. The first-order valence-corrected chi connectivity index (χ1v) is 10.7. The fraction of sp³-hybridized carbons (Fsp3) is 0.333. The number of hydrogen-bond donors (Lipinski definition) is 2. The maximum atomic E-state index is 12.5. The minimum atomic E-state index is -0.591. The summed E-state index contributed by atoms with van der Waals surface area (Å²) >= 11 is 7.08. The molecule has 1 heterocycles. The van der Waals surface area contributed by atoms with Gasteiger partial charge in [-0.3, -0.25) is 14.4 Å². The van der Waals surface area contributed by atoms with E-state index in [1.165, 1.54) is 19.1 Å². The highest BCUT2D eigenvalue weighted by Gasteiger charge is 2.20. The Morgan fingerprint density at radius 3 is 2.52 bits per heavy atom. The molecule has 0 saturated carbocycles. The summed E-state index contributed by atoms with van der Waals surface area (Å²) in [6.45, 7) is 5.33. The Labute approximate surface area is 190 Å². The molecule has 1 aromatic heterocycles. The summed E-state index contributed by atoms with van der Waals surface area (Å²) in [6.07, 6.45) is 0. The second-order valence-electron chi connectivity index (χ2n) is 6.92. The van der Waals surface area contributed by atoms with Crippen molar-refractivity contribution in [3.8, 4) is 5.75 Å². The number of likely N-dealkylation sites (N-methyl/N-ethyl adjacent to an activating group) is 1. The number of methoxy groups -OCH3 is 1. The van der Waals surface area contributed by atoms with Crippen molar-refractivity contribution in [3.63, 3.8) is 0 Å². The standard InChI is InChI=1S/C21H25ClN4O4S/c1-11-12(2)19(20(23)29)21(24-13(11)3)31-10-18(28)26(4)9-17(27)25-15-8-14(22)6-7-16(15)30-5/h6-8H,9-10H2,1-5H3,(H2,23,29)(H,25,27). The fourth-order valence-corrected chi connectivity index (χ4v) is 4.07. The van der Waals surface area contributed by atoms with Gasteiger partial charge in [0.1, 0.15) is 10.8 Å². The Morgan fingerprint density at radius 1 is 1.23 bits per heavy atom. The number of pyridine rings is 1. The minimum Gasteiger partial charge on any atom is -0.495 e. The quantitative estimate of drug-likeness (QED) is 0.580. The highest BCUT2D eigenvalue weighted by atomic mass is 35.5. The lowest BCUT2D eigenvalue weighted by atomic mass is 10.0. The number of carbonyl (C=O) groups is 3. The van der Waals surface area contributed by atoms with Gasteiger partial charge in [0.05, 0.1) is 30.7 Å². The van der Waals surface area contributed by atoms with Gasteiger partial charge in [0.2, 0.25) is 11.8 Å². The highest BCUT2D eigenvalue weighted by Crippen LogP contribution is 2.28. The summed E-state index contributed by atoms with van der Waals surface area (Å²) in [6, 6.07) is 4.85. The SMILES string of the molecule is COc1ccc(Cl)cc1NC(=O)CN(C)C(=O)CSc1nc(C)c(C)c(C)c1C(N)=O. The number of nitrogens with zero attached hydrogens (tertiary/aromatic N) is 2. The number of aromatic nitrogens is 1. The second kappa shape index (κ2) is 10.5. The normalized spacial score (nSPS) is 10.5. The number of primary amides is 1. The van der Waals surface area contributed by atoms with E-state index in [-0.39, 0.29) is 18.2 Å². The number of halogens is 1. The number of nitrogens with one attached hydrogen (secondary N) is 1.